The molecule has 0 aliphatic carbocycles. The number of carbonyl (C=O) groups excluding carboxylic acids is 1. The monoisotopic (exact) mass is 370 g/mol. The number of carbonyl (C=O) groups is 1. The molecule has 7 heteroatoms. The average Bonchev–Trinajstić information content (AvgIpc) is 3.25. The van der Waals surface area contributed by atoms with Crippen LogP contribution in [0.5, 0.6) is 0 Å². The molecule has 1 amide bonds. The molecule has 0 aliphatic heterocycles. The van der Waals surface area contributed by atoms with Crippen molar-refractivity contribution < 1.29 is 4.79 Å². The molecule has 1 unspecified atom stereocenters. The Morgan fingerprint density at radius 1 is 1.00 bits per heavy atom. The maximum absolute atomic E-state index is 12.5. The van der Waals surface area contributed by atoms with Crippen LogP contribution in [0.3, 0.4) is 0 Å². The summed E-state index contributed by atoms with van der Waals surface area (Å²) in [5.41, 5.74) is 3.69. The van der Waals surface area contributed by atoms with E-state index in [1.54, 1.807) is 48.5 Å². The summed E-state index contributed by atoms with van der Waals surface area (Å²) in [5.74, 6) is 0.341. The van der Waals surface area contributed by atoms with Crippen LogP contribution in [0.25, 0.3) is 22.4 Å². The van der Waals surface area contributed by atoms with Crippen molar-refractivity contribution in [3.63, 3.8) is 0 Å². The van der Waals surface area contributed by atoms with Crippen LogP contribution in [-0.2, 0) is 4.79 Å². The lowest BCUT2D eigenvalue weighted by molar-refractivity contribution is -0.119. The van der Waals surface area contributed by atoms with Gasteiger partial charge in [0.05, 0.1) is 5.69 Å². The number of nitrogens with zero attached hydrogens (tertiary/aromatic N) is 5. The zero-order valence-corrected chi connectivity index (χ0v) is 15.2. The number of nitrogens with one attached hydrogen (secondary N) is 1. The Bertz CT molecular complexity index is 1080. The molecule has 0 spiro atoms. The number of hydrogen-bond donors (Lipinski definition) is 1. The highest BCUT2D eigenvalue weighted by Crippen LogP contribution is 2.25. The van der Waals surface area contributed by atoms with Gasteiger partial charge in [-0.25, -0.2) is 15.0 Å². The third kappa shape index (κ3) is 3.78. The molecule has 0 radical (unpaired) electrons. The van der Waals surface area contributed by atoms with Crippen LogP contribution < -0.4 is 5.32 Å². The molecule has 0 fully saturated rings. The van der Waals surface area contributed by atoms with Gasteiger partial charge >= 0.3 is 0 Å². The second kappa shape index (κ2) is 7.79. The first-order valence-corrected chi connectivity index (χ1v) is 8.83. The number of aromatic nitrogens is 5. The van der Waals surface area contributed by atoms with Crippen LogP contribution in [0.4, 0.5) is 5.82 Å². The van der Waals surface area contributed by atoms with E-state index in [-0.39, 0.29) is 5.91 Å². The van der Waals surface area contributed by atoms with Crippen molar-refractivity contribution in [2.45, 2.75) is 13.0 Å². The van der Waals surface area contributed by atoms with Gasteiger partial charge in [-0.3, -0.25) is 9.48 Å². The normalized spacial score (nSPS) is 11.8. The molecule has 0 bridgehead atoms. The summed E-state index contributed by atoms with van der Waals surface area (Å²) < 4.78 is 1.64. The van der Waals surface area contributed by atoms with Crippen molar-refractivity contribution in [3.8, 4) is 22.4 Å². The van der Waals surface area contributed by atoms with Crippen LogP contribution in [0, 0.1) is 0 Å². The van der Waals surface area contributed by atoms with Crippen LogP contribution >= 0.6 is 0 Å². The average molecular weight is 370 g/mol. The smallest absolute Gasteiger partial charge is 0.250 e. The van der Waals surface area contributed by atoms with Gasteiger partial charge in [-0.1, -0.05) is 24.3 Å². The minimum Gasteiger partial charge on any atom is -0.309 e. The number of benzene rings is 1. The largest absolute Gasteiger partial charge is 0.309 e. The molecular formula is C21H18N6O. The minimum atomic E-state index is -0.471. The predicted octanol–water partition coefficient (Wildman–Crippen LogP) is 3.60. The number of amides is 1. The summed E-state index contributed by atoms with van der Waals surface area (Å²) in [5, 5.41) is 7.38. The maximum Gasteiger partial charge on any atom is 0.250 e. The molecule has 1 aromatic carbocycles. The molecule has 1 N–H and O–H groups in total. The zero-order chi connectivity index (χ0) is 19.3. The lowest BCUT2D eigenvalue weighted by Crippen LogP contribution is -2.24. The van der Waals surface area contributed by atoms with E-state index in [1.807, 2.05) is 36.4 Å². The number of hydrogen-bond acceptors (Lipinski definition) is 5. The fraction of sp³-hybridized carbons (Fsp3) is 0.0952. The first-order chi connectivity index (χ1) is 13.7. The Morgan fingerprint density at radius 2 is 1.82 bits per heavy atom. The summed E-state index contributed by atoms with van der Waals surface area (Å²) in [4.78, 5) is 24.7. The molecular weight excluding hydrogens is 352 g/mol. The van der Waals surface area contributed by atoms with E-state index < -0.39 is 6.04 Å². The standard InChI is InChI=1S/C21H18N6O/c1-15(21(28)25-20-7-2-3-9-24-20)27-10-8-19(26-27)17-6-4-5-16(11-17)18-12-22-14-23-13-18/h2-15H,1H3,(H,24,25,28). The van der Waals surface area contributed by atoms with E-state index in [1.165, 1.54) is 6.33 Å². The zero-order valence-electron chi connectivity index (χ0n) is 15.2. The molecule has 1 atom stereocenters. The molecule has 0 aliphatic rings. The molecule has 0 saturated heterocycles. The van der Waals surface area contributed by atoms with E-state index in [0.29, 0.717) is 5.82 Å². The third-order valence-corrected chi connectivity index (χ3v) is 4.35. The van der Waals surface area contributed by atoms with Crippen molar-refractivity contribution in [1.82, 2.24) is 24.7 Å². The molecule has 0 saturated carbocycles. The fourth-order valence-corrected chi connectivity index (χ4v) is 2.80. The molecule has 4 rings (SSSR count). The van der Waals surface area contributed by atoms with Crippen molar-refractivity contribution in [3.05, 3.63) is 79.6 Å². The number of rotatable bonds is 5. The van der Waals surface area contributed by atoms with Gasteiger partial charge in [-0.05, 0) is 36.8 Å². The molecule has 3 aromatic heterocycles. The van der Waals surface area contributed by atoms with Gasteiger partial charge in [-0.2, -0.15) is 5.10 Å². The first-order valence-electron chi connectivity index (χ1n) is 8.83. The second-order valence-electron chi connectivity index (χ2n) is 6.27. The molecule has 3 heterocycles. The summed E-state index contributed by atoms with van der Waals surface area (Å²) >= 11 is 0. The van der Waals surface area contributed by atoms with Crippen molar-refractivity contribution >= 4 is 11.7 Å². The van der Waals surface area contributed by atoms with Gasteiger partial charge in [0.25, 0.3) is 0 Å². The Labute approximate surface area is 162 Å². The van der Waals surface area contributed by atoms with Gasteiger partial charge in [0.2, 0.25) is 5.91 Å². The Kier molecular flexibility index (Phi) is 4.88. The van der Waals surface area contributed by atoms with Crippen LogP contribution in [-0.4, -0.2) is 30.6 Å². The Morgan fingerprint density at radius 3 is 2.61 bits per heavy atom. The quantitative estimate of drug-likeness (QED) is 0.580. The van der Waals surface area contributed by atoms with E-state index in [2.05, 4.69) is 25.4 Å². The molecule has 7 nitrogen and oxygen atoms in total. The maximum atomic E-state index is 12.5. The van der Waals surface area contributed by atoms with Crippen molar-refractivity contribution in [1.29, 1.82) is 0 Å². The van der Waals surface area contributed by atoms with Crippen molar-refractivity contribution in [2.75, 3.05) is 5.32 Å². The number of pyridine rings is 1. The predicted molar refractivity (Wildman–Crippen MR) is 106 cm³/mol. The Hall–Kier alpha value is -3.87. The van der Waals surface area contributed by atoms with Crippen LogP contribution in [0.15, 0.2) is 79.6 Å². The molecule has 4 aromatic rings. The van der Waals surface area contributed by atoms with Gasteiger partial charge in [0, 0.05) is 35.9 Å². The SMILES string of the molecule is CC(C(=O)Nc1ccccn1)n1ccc(-c2cccc(-c3cncnc3)c2)n1. The second-order valence-corrected chi connectivity index (χ2v) is 6.27. The Balaban J connectivity index is 1.53. The first kappa shape index (κ1) is 17.5. The highest BCUT2D eigenvalue weighted by Gasteiger charge is 2.17. The van der Waals surface area contributed by atoms with E-state index >= 15 is 0 Å². The van der Waals surface area contributed by atoms with Gasteiger partial charge in [0.15, 0.2) is 0 Å². The van der Waals surface area contributed by atoms with E-state index in [9.17, 15) is 4.79 Å². The van der Waals surface area contributed by atoms with Gasteiger partial charge in [0.1, 0.15) is 18.2 Å². The lowest BCUT2D eigenvalue weighted by atomic mass is 10.0. The molecule has 28 heavy (non-hydrogen) atoms. The van der Waals surface area contributed by atoms with E-state index in [4.69, 9.17) is 0 Å². The summed E-state index contributed by atoms with van der Waals surface area (Å²) in [7, 11) is 0. The van der Waals surface area contributed by atoms with Gasteiger partial charge in [-0.15, -0.1) is 0 Å². The number of anilines is 1. The summed E-state index contributed by atoms with van der Waals surface area (Å²) in [6, 6.07) is 14.8. The summed E-state index contributed by atoms with van der Waals surface area (Å²) in [6.07, 6.45) is 8.49. The molecule has 138 valence electrons. The minimum absolute atomic E-state index is 0.177. The van der Waals surface area contributed by atoms with Gasteiger partial charge < -0.3 is 5.32 Å². The van der Waals surface area contributed by atoms with E-state index in [0.717, 1.165) is 22.4 Å². The lowest BCUT2D eigenvalue weighted by Gasteiger charge is -2.12. The fourth-order valence-electron chi connectivity index (χ4n) is 2.80. The highest BCUT2D eigenvalue weighted by atomic mass is 16.2. The summed E-state index contributed by atoms with van der Waals surface area (Å²) in [6.45, 7) is 1.80. The van der Waals surface area contributed by atoms with Crippen LogP contribution in [0.1, 0.15) is 13.0 Å². The third-order valence-electron chi connectivity index (χ3n) is 4.35. The van der Waals surface area contributed by atoms with Crippen molar-refractivity contribution in [2.24, 2.45) is 0 Å². The topological polar surface area (TPSA) is 85.6 Å². The highest BCUT2D eigenvalue weighted by molar-refractivity contribution is 5.92. The van der Waals surface area contributed by atoms with Crippen LogP contribution in [0.2, 0.25) is 0 Å².